The van der Waals surface area contributed by atoms with Crippen LogP contribution in [0.5, 0.6) is 0 Å². The van der Waals surface area contributed by atoms with Gasteiger partial charge < -0.3 is 5.11 Å². The van der Waals surface area contributed by atoms with Crippen LogP contribution in [0.1, 0.15) is 5.69 Å². The average molecular weight is 300 g/mol. The van der Waals surface area contributed by atoms with Crippen LogP contribution in [0, 0.1) is 0 Å². The molecule has 0 spiro atoms. The summed E-state index contributed by atoms with van der Waals surface area (Å²) in [4.78, 5) is 14.9. The Morgan fingerprint density at radius 1 is 1.44 bits per heavy atom. The first-order valence-corrected chi connectivity index (χ1v) is 7.57. The van der Waals surface area contributed by atoms with Gasteiger partial charge in [0, 0.05) is 16.7 Å². The summed E-state index contributed by atoms with van der Waals surface area (Å²) in [6.07, 6.45) is 0. The van der Waals surface area contributed by atoms with E-state index in [1.54, 1.807) is 0 Å². The molecule has 3 nitrogen and oxygen atoms in total. The monoisotopic (exact) mass is 299 g/mol. The molecular weight excluding hydrogens is 290 g/mol. The second-order valence-electron chi connectivity index (χ2n) is 3.51. The second kappa shape index (κ2) is 6.22. The van der Waals surface area contributed by atoms with Crippen molar-refractivity contribution < 1.29 is 9.90 Å². The van der Waals surface area contributed by atoms with Crippen LogP contribution >= 0.6 is 34.7 Å². The Morgan fingerprint density at radius 3 is 2.94 bits per heavy atom. The molecule has 1 aromatic heterocycles. The van der Waals surface area contributed by atoms with Gasteiger partial charge in [0.05, 0.1) is 16.5 Å². The van der Waals surface area contributed by atoms with Crippen LogP contribution in [0.25, 0.3) is 10.6 Å². The van der Waals surface area contributed by atoms with E-state index in [2.05, 4.69) is 4.98 Å². The average Bonchev–Trinajstić information content (AvgIpc) is 2.78. The number of aliphatic carboxylic acids is 1. The molecule has 0 unspecified atom stereocenters. The van der Waals surface area contributed by atoms with Crippen LogP contribution in [-0.4, -0.2) is 21.8 Å². The van der Waals surface area contributed by atoms with Gasteiger partial charge >= 0.3 is 5.97 Å². The fraction of sp³-hybridized carbons (Fsp3) is 0.167. The number of carbonyl (C=O) groups is 1. The zero-order chi connectivity index (χ0) is 13.0. The Labute approximate surface area is 118 Å². The molecule has 0 saturated carbocycles. The molecule has 1 aromatic carbocycles. The lowest BCUT2D eigenvalue weighted by atomic mass is 10.2. The smallest absolute Gasteiger partial charge is 0.313 e. The number of thioether (sulfide) groups is 1. The Morgan fingerprint density at radius 2 is 2.22 bits per heavy atom. The summed E-state index contributed by atoms with van der Waals surface area (Å²) in [6.45, 7) is 0. The minimum absolute atomic E-state index is 0.0962. The molecule has 1 N–H and O–H groups in total. The molecule has 0 aliphatic carbocycles. The quantitative estimate of drug-likeness (QED) is 0.913. The molecule has 94 valence electrons. The number of rotatable bonds is 5. The minimum Gasteiger partial charge on any atom is -0.481 e. The van der Waals surface area contributed by atoms with Gasteiger partial charge in [-0.2, -0.15) is 0 Å². The first-order chi connectivity index (χ1) is 8.66. The topological polar surface area (TPSA) is 50.2 Å². The third kappa shape index (κ3) is 3.48. The number of hydrogen-bond acceptors (Lipinski definition) is 4. The molecule has 0 atom stereocenters. The Hall–Kier alpha value is -1.04. The normalized spacial score (nSPS) is 10.5. The van der Waals surface area contributed by atoms with Gasteiger partial charge in [0.15, 0.2) is 0 Å². The van der Waals surface area contributed by atoms with Crippen molar-refractivity contribution in [3.63, 3.8) is 0 Å². The summed E-state index contributed by atoms with van der Waals surface area (Å²) in [6, 6.07) is 7.55. The number of nitrogens with zero attached hydrogens (tertiary/aromatic N) is 1. The Balaban J connectivity index is 2.06. The SMILES string of the molecule is O=C(O)CSCc1csc(-c2ccccc2Cl)n1. The molecule has 0 saturated heterocycles. The molecule has 2 rings (SSSR count). The fourth-order valence-electron chi connectivity index (χ4n) is 1.37. The standard InChI is InChI=1S/C12H10ClNO2S2/c13-10-4-2-1-3-9(10)12-14-8(6-18-12)5-17-7-11(15)16/h1-4,6H,5,7H2,(H,15,16). The third-order valence-electron chi connectivity index (χ3n) is 2.13. The first kappa shape index (κ1) is 13.4. The van der Waals surface area contributed by atoms with E-state index >= 15 is 0 Å². The fourth-order valence-corrected chi connectivity index (χ4v) is 3.25. The lowest BCUT2D eigenvalue weighted by Crippen LogP contribution is -1.98. The molecule has 18 heavy (non-hydrogen) atoms. The molecule has 0 aliphatic rings. The highest BCUT2D eigenvalue weighted by atomic mass is 35.5. The van der Waals surface area contributed by atoms with Gasteiger partial charge in [-0.05, 0) is 6.07 Å². The highest BCUT2D eigenvalue weighted by Gasteiger charge is 2.08. The molecular formula is C12H10ClNO2S2. The predicted octanol–water partition coefficient (Wildman–Crippen LogP) is 3.78. The van der Waals surface area contributed by atoms with Gasteiger partial charge in [-0.25, -0.2) is 4.98 Å². The maximum Gasteiger partial charge on any atom is 0.313 e. The molecule has 0 amide bonds. The molecule has 0 fully saturated rings. The van der Waals surface area contributed by atoms with Crippen LogP contribution < -0.4 is 0 Å². The van der Waals surface area contributed by atoms with E-state index in [4.69, 9.17) is 16.7 Å². The van der Waals surface area contributed by atoms with Crippen molar-refractivity contribution in [2.45, 2.75) is 5.75 Å². The number of thiazole rings is 1. The second-order valence-corrected chi connectivity index (χ2v) is 5.76. The zero-order valence-corrected chi connectivity index (χ0v) is 11.7. The van der Waals surface area contributed by atoms with Crippen molar-refractivity contribution in [3.8, 4) is 10.6 Å². The maximum absolute atomic E-state index is 10.4. The molecule has 0 radical (unpaired) electrons. The number of hydrogen-bond donors (Lipinski definition) is 1. The Bertz CT molecular complexity index is 557. The predicted molar refractivity (Wildman–Crippen MR) is 76.4 cm³/mol. The molecule has 6 heteroatoms. The minimum atomic E-state index is -0.804. The van der Waals surface area contributed by atoms with Crippen molar-refractivity contribution in [2.75, 3.05) is 5.75 Å². The number of benzene rings is 1. The van der Waals surface area contributed by atoms with Gasteiger partial charge in [0.1, 0.15) is 5.01 Å². The van der Waals surface area contributed by atoms with Gasteiger partial charge in [0.2, 0.25) is 0 Å². The van der Waals surface area contributed by atoms with Crippen LogP contribution in [0.2, 0.25) is 5.02 Å². The summed E-state index contributed by atoms with van der Waals surface area (Å²) in [5, 5.41) is 12.0. The summed E-state index contributed by atoms with van der Waals surface area (Å²) in [7, 11) is 0. The lowest BCUT2D eigenvalue weighted by molar-refractivity contribution is -0.133. The van der Waals surface area contributed by atoms with E-state index in [9.17, 15) is 4.79 Å². The summed E-state index contributed by atoms with van der Waals surface area (Å²) >= 11 is 8.96. The van der Waals surface area contributed by atoms with Gasteiger partial charge in [0.25, 0.3) is 0 Å². The van der Waals surface area contributed by atoms with Crippen molar-refractivity contribution in [1.82, 2.24) is 4.98 Å². The third-order valence-corrected chi connectivity index (χ3v) is 4.34. The van der Waals surface area contributed by atoms with Crippen molar-refractivity contribution >= 4 is 40.7 Å². The Kier molecular flexibility index (Phi) is 4.63. The van der Waals surface area contributed by atoms with E-state index in [1.165, 1.54) is 23.1 Å². The highest BCUT2D eigenvalue weighted by Crippen LogP contribution is 2.30. The van der Waals surface area contributed by atoms with E-state index in [1.807, 2.05) is 29.6 Å². The molecule has 0 bridgehead atoms. The van der Waals surface area contributed by atoms with Gasteiger partial charge in [-0.15, -0.1) is 23.1 Å². The van der Waals surface area contributed by atoms with Crippen LogP contribution in [-0.2, 0) is 10.5 Å². The number of aromatic nitrogens is 1. The van der Waals surface area contributed by atoms with Crippen molar-refractivity contribution in [3.05, 3.63) is 40.4 Å². The molecule has 1 heterocycles. The largest absolute Gasteiger partial charge is 0.481 e. The zero-order valence-electron chi connectivity index (χ0n) is 9.30. The van der Waals surface area contributed by atoms with Crippen molar-refractivity contribution in [2.24, 2.45) is 0 Å². The van der Waals surface area contributed by atoms with Gasteiger partial charge in [-0.3, -0.25) is 4.79 Å². The number of carboxylic acid groups (broad SMARTS) is 1. The van der Waals surface area contributed by atoms with Gasteiger partial charge in [-0.1, -0.05) is 29.8 Å². The van der Waals surface area contributed by atoms with Crippen molar-refractivity contribution in [1.29, 1.82) is 0 Å². The van der Waals surface area contributed by atoms with Crippen LogP contribution in [0.3, 0.4) is 0 Å². The van der Waals surface area contributed by atoms with E-state index in [-0.39, 0.29) is 5.75 Å². The molecule has 0 aliphatic heterocycles. The summed E-state index contributed by atoms with van der Waals surface area (Å²) in [5.41, 5.74) is 1.81. The first-order valence-electron chi connectivity index (χ1n) is 5.15. The maximum atomic E-state index is 10.4. The number of halogens is 1. The lowest BCUT2D eigenvalue weighted by Gasteiger charge is -1.98. The summed E-state index contributed by atoms with van der Waals surface area (Å²) in [5.74, 6) is -0.104. The van der Waals surface area contributed by atoms with E-state index in [0.29, 0.717) is 10.8 Å². The van der Waals surface area contributed by atoms with Crippen LogP contribution in [0.15, 0.2) is 29.6 Å². The number of carboxylic acids is 1. The van der Waals surface area contributed by atoms with E-state index < -0.39 is 5.97 Å². The van der Waals surface area contributed by atoms with Crippen LogP contribution in [0.4, 0.5) is 0 Å². The summed E-state index contributed by atoms with van der Waals surface area (Å²) < 4.78 is 0. The molecule has 2 aromatic rings. The highest BCUT2D eigenvalue weighted by molar-refractivity contribution is 7.99. The van der Waals surface area contributed by atoms with E-state index in [0.717, 1.165) is 16.3 Å².